The van der Waals surface area contributed by atoms with Crippen molar-refractivity contribution in [2.45, 2.75) is 38.0 Å². The van der Waals surface area contributed by atoms with Gasteiger partial charge in [0.1, 0.15) is 5.65 Å². The van der Waals surface area contributed by atoms with E-state index < -0.39 is 0 Å². The maximum Gasteiger partial charge on any atom is 0.274 e. The molecule has 102 valence electrons. The Morgan fingerprint density at radius 3 is 2.79 bits per heavy atom. The van der Waals surface area contributed by atoms with Crippen LogP contribution in [0.3, 0.4) is 0 Å². The number of hydrogen-bond acceptors (Lipinski definition) is 3. The van der Waals surface area contributed by atoms with Crippen LogP contribution in [0.15, 0.2) is 16.9 Å². The van der Waals surface area contributed by atoms with E-state index in [1.807, 2.05) is 11.6 Å². The third-order valence-corrected chi connectivity index (χ3v) is 4.16. The summed E-state index contributed by atoms with van der Waals surface area (Å²) >= 11 is 0. The Morgan fingerprint density at radius 2 is 2.11 bits per heavy atom. The van der Waals surface area contributed by atoms with E-state index in [4.69, 9.17) is 5.73 Å². The van der Waals surface area contributed by atoms with Crippen molar-refractivity contribution in [2.75, 3.05) is 6.54 Å². The van der Waals surface area contributed by atoms with Crippen LogP contribution >= 0.6 is 0 Å². The summed E-state index contributed by atoms with van der Waals surface area (Å²) in [6.45, 7) is 0.549. The first-order valence-electron chi connectivity index (χ1n) is 6.99. The first kappa shape index (κ1) is 12.4. The van der Waals surface area contributed by atoms with E-state index in [-0.39, 0.29) is 5.56 Å². The number of fused-ring (bicyclic) bond motifs is 1. The summed E-state index contributed by atoms with van der Waals surface area (Å²) in [5.41, 5.74) is 8.44. The van der Waals surface area contributed by atoms with Crippen LogP contribution < -0.4 is 11.3 Å². The number of hydrogen-bond donors (Lipinski definition) is 1. The molecule has 0 radical (unpaired) electrons. The van der Waals surface area contributed by atoms with Gasteiger partial charge in [-0.05, 0) is 19.4 Å². The van der Waals surface area contributed by atoms with Crippen LogP contribution in [0.4, 0.5) is 0 Å². The lowest BCUT2D eigenvalue weighted by molar-refractivity contribution is 0.677. The summed E-state index contributed by atoms with van der Waals surface area (Å²) in [6, 6.07) is 3.71. The van der Waals surface area contributed by atoms with Gasteiger partial charge in [0.25, 0.3) is 5.56 Å². The van der Waals surface area contributed by atoms with Gasteiger partial charge < -0.3 is 10.3 Å². The third kappa shape index (κ3) is 2.08. The number of rotatable bonds is 3. The van der Waals surface area contributed by atoms with Gasteiger partial charge in [-0.15, -0.1) is 0 Å². The molecule has 0 aliphatic heterocycles. The molecule has 5 nitrogen and oxygen atoms in total. The molecule has 1 aliphatic carbocycles. The minimum Gasteiger partial charge on any atom is -0.333 e. The van der Waals surface area contributed by atoms with Gasteiger partial charge in [0, 0.05) is 37.2 Å². The SMILES string of the molecule is Cn1c(CCN)cc(=O)n2nc(C3CCCC3)cc12. The molecule has 0 saturated heterocycles. The Labute approximate surface area is 112 Å². The summed E-state index contributed by atoms with van der Waals surface area (Å²) in [7, 11) is 1.97. The lowest BCUT2D eigenvalue weighted by Gasteiger charge is -2.08. The van der Waals surface area contributed by atoms with E-state index in [9.17, 15) is 4.79 Å². The van der Waals surface area contributed by atoms with Crippen molar-refractivity contribution < 1.29 is 0 Å². The normalized spacial score (nSPS) is 16.5. The lowest BCUT2D eigenvalue weighted by atomic mass is 10.1. The van der Waals surface area contributed by atoms with E-state index in [1.165, 1.54) is 30.2 Å². The molecular weight excluding hydrogens is 240 g/mol. The highest BCUT2D eigenvalue weighted by atomic mass is 16.1. The summed E-state index contributed by atoms with van der Waals surface area (Å²) in [6.07, 6.45) is 5.64. The molecule has 0 bridgehead atoms. The van der Waals surface area contributed by atoms with Gasteiger partial charge in [-0.1, -0.05) is 12.8 Å². The van der Waals surface area contributed by atoms with E-state index in [2.05, 4.69) is 11.2 Å². The summed E-state index contributed by atoms with van der Waals surface area (Å²) in [5, 5.41) is 4.51. The molecule has 0 aromatic carbocycles. The highest BCUT2D eigenvalue weighted by Gasteiger charge is 2.21. The predicted molar refractivity (Wildman–Crippen MR) is 74.4 cm³/mol. The Balaban J connectivity index is 2.13. The van der Waals surface area contributed by atoms with Crippen LogP contribution in [-0.2, 0) is 13.5 Å². The fourth-order valence-electron chi connectivity index (χ4n) is 3.05. The van der Waals surface area contributed by atoms with Crippen LogP contribution in [0, 0.1) is 0 Å². The highest BCUT2D eigenvalue weighted by Crippen LogP contribution is 2.33. The van der Waals surface area contributed by atoms with E-state index in [1.54, 1.807) is 6.07 Å². The summed E-state index contributed by atoms with van der Waals surface area (Å²) < 4.78 is 3.55. The van der Waals surface area contributed by atoms with Crippen molar-refractivity contribution in [1.82, 2.24) is 14.2 Å². The zero-order valence-electron chi connectivity index (χ0n) is 11.3. The molecule has 0 unspecified atom stereocenters. The van der Waals surface area contributed by atoms with Crippen molar-refractivity contribution in [2.24, 2.45) is 12.8 Å². The van der Waals surface area contributed by atoms with E-state index in [0.29, 0.717) is 18.9 Å². The second-order valence-corrected chi connectivity index (χ2v) is 5.39. The average Bonchev–Trinajstić information content (AvgIpc) is 3.04. The molecule has 2 aromatic rings. The van der Waals surface area contributed by atoms with Gasteiger partial charge in [0.2, 0.25) is 0 Å². The van der Waals surface area contributed by atoms with Crippen molar-refractivity contribution in [3.63, 3.8) is 0 Å². The fourth-order valence-corrected chi connectivity index (χ4v) is 3.05. The molecule has 1 aliphatic rings. The van der Waals surface area contributed by atoms with Crippen molar-refractivity contribution in [1.29, 1.82) is 0 Å². The Morgan fingerprint density at radius 1 is 1.37 bits per heavy atom. The standard InChI is InChI=1S/C14H20N4O/c1-17-11(6-7-15)8-14(19)18-13(17)9-12(16-18)10-4-2-3-5-10/h8-10H,2-7,15H2,1H3. The van der Waals surface area contributed by atoms with Gasteiger partial charge in [-0.2, -0.15) is 9.61 Å². The van der Waals surface area contributed by atoms with Crippen LogP contribution in [0.1, 0.15) is 43.0 Å². The zero-order valence-corrected chi connectivity index (χ0v) is 11.3. The molecular formula is C14H20N4O. The molecule has 5 heteroatoms. The monoisotopic (exact) mass is 260 g/mol. The maximum atomic E-state index is 12.1. The van der Waals surface area contributed by atoms with Crippen LogP contribution in [-0.4, -0.2) is 20.7 Å². The summed E-state index contributed by atoms with van der Waals surface area (Å²) in [5.74, 6) is 0.525. The fraction of sp³-hybridized carbons (Fsp3) is 0.571. The minimum atomic E-state index is -0.0548. The average molecular weight is 260 g/mol. The molecule has 0 atom stereocenters. The lowest BCUT2D eigenvalue weighted by Crippen LogP contribution is -2.21. The van der Waals surface area contributed by atoms with E-state index in [0.717, 1.165) is 17.0 Å². The quantitative estimate of drug-likeness (QED) is 0.901. The Hall–Kier alpha value is -1.62. The van der Waals surface area contributed by atoms with Gasteiger partial charge in [-0.3, -0.25) is 4.79 Å². The molecule has 3 rings (SSSR count). The van der Waals surface area contributed by atoms with Crippen LogP contribution in [0.25, 0.3) is 5.65 Å². The number of aryl methyl sites for hydroxylation is 1. The maximum absolute atomic E-state index is 12.1. The largest absolute Gasteiger partial charge is 0.333 e. The molecule has 1 fully saturated rings. The smallest absolute Gasteiger partial charge is 0.274 e. The predicted octanol–water partition coefficient (Wildman–Crippen LogP) is 1.19. The zero-order chi connectivity index (χ0) is 13.4. The van der Waals surface area contributed by atoms with Crippen molar-refractivity contribution >= 4 is 5.65 Å². The molecule has 2 heterocycles. The third-order valence-electron chi connectivity index (χ3n) is 4.16. The topological polar surface area (TPSA) is 65.3 Å². The van der Waals surface area contributed by atoms with Crippen molar-refractivity contribution in [3.05, 3.63) is 33.9 Å². The number of aromatic nitrogens is 3. The minimum absolute atomic E-state index is 0.0548. The van der Waals surface area contributed by atoms with E-state index >= 15 is 0 Å². The highest BCUT2D eigenvalue weighted by molar-refractivity contribution is 5.42. The Bertz CT molecular complexity index is 649. The van der Waals surface area contributed by atoms with Gasteiger partial charge in [-0.25, -0.2) is 0 Å². The molecule has 0 amide bonds. The molecule has 0 spiro atoms. The first-order valence-corrected chi connectivity index (χ1v) is 6.99. The summed E-state index contributed by atoms with van der Waals surface area (Å²) in [4.78, 5) is 12.1. The Kier molecular flexibility index (Phi) is 3.14. The second-order valence-electron chi connectivity index (χ2n) is 5.39. The van der Waals surface area contributed by atoms with Crippen LogP contribution in [0.5, 0.6) is 0 Å². The molecule has 19 heavy (non-hydrogen) atoms. The van der Waals surface area contributed by atoms with Gasteiger partial charge >= 0.3 is 0 Å². The first-order chi connectivity index (χ1) is 9.20. The van der Waals surface area contributed by atoms with Gasteiger partial charge in [0.15, 0.2) is 0 Å². The second kappa shape index (κ2) is 4.81. The molecule has 1 saturated carbocycles. The van der Waals surface area contributed by atoms with Gasteiger partial charge in [0.05, 0.1) is 5.69 Å². The number of nitrogens with two attached hydrogens (primary N) is 1. The molecule has 2 aromatic heterocycles. The number of nitrogens with zero attached hydrogens (tertiary/aromatic N) is 3. The van der Waals surface area contributed by atoms with Crippen LogP contribution in [0.2, 0.25) is 0 Å². The van der Waals surface area contributed by atoms with Crippen molar-refractivity contribution in [3.8, 4) is 0 Å². The molecule has 2 N–H and O–H groups in total.